The van der Waals surface area contributed by atoms with Crippen molar-refractivity contribution < 1.29 is 0 Å². The summed E-state index contributed by atoms with van der Waals surface area (Å²) in [6.07, 6.45) is 1.17. The largest absolute Gasteiger partial charge is 0.360 e. The summed E-state index contributed by atoms with van der Waals surface area (Å²) < 4.78 is 0. The number of rotatable bonds is 4. The molecule has 94 valence electrons. The first-order valence-corrected chi connectivity index (χ1v) is 6.61. The van der Waals surface area contributed by atoms with Crippen LogP contribution in [-0.4, -0.2) is 11.2 Å². The number of hydrogen-bond acceptors (Lipinski definition) is 1. The van der Waals surface area contributed by atoms with Crippen LogP contribution < -0.4 is 10.6 Å². The zero-order chi connectivity index (χ0) is 12.8. The van der Waals surface area contributed by atoms with Crippen LogP contribution in [0.25, 0.3) is 0 Å². The minimum Gasteiger partial charge on any atom is -0.360 e. The first kappa shape index (κ1) is 14.0. The highest BCUT2D eigenvalue weighted by atomic mass is 32.1. The average Bonchev–Trinajstić information content (AvgIpc) is 2.28. The van der Waals surface area contributed by atoms with Crippen LogP contribution in [0.15, 0.2) is 24.3 Å². The van der Waals surface area contributed by atoms with Crippen LogP contribution in [0.3, 0.4) is 0 Å². The lowest BCUT2D eigenvalue weighted by Gasteiger charge is -2.14. The Balaban J connectivity index is 2.59. The molecule has 0 amide bonds. The fourth-order valence-electron chi connectivity index (χ4n) is 1.56. The highest BCUT2D eigenvalue weighted by Gasteiger charge is 2.03. The summed E-state index contributed by atoms with van der Waals surface area (Å²) in [5.41, 5.74) is 2.41. The minimum atomic E-state index is 0.356. The molecular formula is C14H22N2S. The van der Waals surface area contributed by atoms with Crippen molar-refractivity contribution >= 4 is 23.0 Å². The fraction of sp³-hybridized carbons (Fsp3) is 0.500. The molecule has 1 aromatic rings. The summed E-state index contributed by atoms with van der Waals surface area (Å²) >= 11 is 5.20. The molecule has 0 heterocycles. The molecule has 2 N–H and O–H groups in total. The molecule has 0 aliphatic carbocycles. The summed E-state index contributed by atoms with van der Waals surface area (Å²) in [5, 5.41) is 7.01. The summed E-state index contributed by atoms with van der Waals surface area (Å²) in [7, 11) is 0. The van der Waals surface area contributed by atoms with Crippen molar-refractivity contribution in [2.75, 3.05) is 5.32 Å². The molecule has 1 unspecified atom stereocenters. The molecule has 0 radical (unpaired) electrons. The molecule has 0 saturated heterocycles. The Kier molecular flexibility index (Phi) is 5.42. The van der Waals surface area contributed by atoms with Gasteiger partial charge in [-0.1, -0.05) is 26.0 Å². The van der Waals surface area contributed by atoms with Gasteiger partial charge in [0.2, 0.25) is 0 Å². The van der Waals surface area contributed by atoms with E-state index in [1.165, 1.54) is 12.0 Å². The number of hydrogen-bond donors (Lipinski definition) is 2. The van der Waals surface area contributed by atoms with E-state index >= 15 is 0 Å². The van der Waals surface area contributed by atoms with Crippen molar-refractivity contribution in [3.8, 4) is 0 Å². The predicted molar refractivity (Wildman–Crippen MR) is 79.6 cm³/mol. The van der Waals surface area contributed by atoms with Crippen LogP contribution in [0, 0.1) is 0 Å². The van der Waals surface area contributed by atoms with Gasteiger partial charge in [0.15, 0.2) is 5.11 Å². The smallest absolute Gasteiger partial charge is 0.170 e. The van der Waals surface area contributed by atoms with E-state index in [1.807, 2.05) is 0 Å². The molecule has 1 rings (SSSR count). The van der Waals surface area contributed by atoms with Gasteiger partial charge in [-0.15, -0.1) is 0 Å². The fourth-order valence-corrected chi connectivity index (χ4v) is 1.91. The zero-order valence-corrected chi connectivity index (χ0v) is 11.9. The van der Waals surface area contributed by atoms with Crippen molar-refractivity contribution in [1.29, 1.82) is 0 Å². The third kappa shape index (κ3) is 4.73. The van der Waals surface area contributed by atoms with Gasteiger partial charge < -0.3 is 10.6 Å². The minimum absolute atomic E-state index is 0.356. The van der Waals surface area contributed by atoms with Gasteiger partial charge in [-0.05, 0) is 56.1 Å². The highest BCUT2D eigenvalue weighted by Crippen LogP contribution is 2.20. The van der Waals surface area contributed by atoms with E-state index in [4.69, 9.17) is 12.2 Å². The Morgan fingerprint density at radius 1 is 1.18 bits per heavy atom. The van der Waals surface area contributed by atoms with Crippen molar-refractivity contribution in [2.24, 2.45) is 0 Å². The Hall–Kier alpha value is -1.09. The molecular weight excluding hydrogens is 228 g/mol. The van der Waals surface area contributed by atoms with Crippen LogP contribution in [0.1, 0.15) is 45.6 Å². The van der Waals surface area contributed by atoms with Crippen molar-refractivity contribution in [3.63, 3.8) is 0 Å². The summed E-state index contributed by atoms with van der Waals surface area (Å²) in [4.78, 5) is 0. The Labute approximate surface area is 110 Å². The van der Waals surface area contributed by atoms with Gasteiger partial charge in [0.1, 0.15) is 0 Å². The van der Waals surface area contributed by atoms with Crippen molar-refractivity contribution in [3.05, 3.63) is 29.8 Å². The second kappa shape index (κ2) is 6.60. The van der Waals surface area contributed by atoms with Crippen LogP contribution in [-0.2, 0) is 0 Å². The molecule has 0 aromatic heterocycles. The molecule has 0 saturated carbocycles. The molecule has 0 fully saturated rings. The summed E-state index contributed by atoms with van der Waals surface area (Å²) in [5.74, 6) is 0.616. The van der Waals surface area contributed by atoms with E-state index < -0.39 is 0 Å². The third-order valence-corrected chi connectivity index (χ3v) is 2.99. The second-order valence-corrected chi connectivity index (χ2v) is 5.09. The quantitative estimate of drug-likeness (QED) is 0.793. The SMILES string of the molecule is CCC(C)c1ccc(NC(=S)NC(C)C)cc1. The van der Waals surface area contributed by atoms with Gasteiger partial charge in [0.25, 0.3) is 0 Å². The molecule has 17 heavy (non-hydrogen) atoms. The first-order valence-electron chi connectivity index (χ1n) is 6.20. The first-order chi connectivity index (χ1) is 8.02. The third-order valence-electron chi connectivity index (χ3n) is 2.77. The summed E-state index contributed by atoms with van der Waals surface area (Å²) in [6, 6.07) is 8.84. The normalized spacial score (nSPS) is 12.3. The van der Waals surface area contributed by atoms with Crippen molar-refractivity contribution in [2.45, 2.75) is 46.1 Å². The monoisotopic (exact) mass is 250 g/mol. The summed E-state index contributed by atoms with van der Waals surface area (Å²) in [6.45, 7) is 8.59. The van der Waals surface area contributed by atoms with E-state index in [0.717, 1.165) is 5.69 Å². The maximum atomic E-state index is 5.20. The molecule has 0 aliphatic heterocycles. The molecule has 2 nitrogen and oxygen atoms in total. The number of benzene rings is 1. The van der Waals surface area contributed by atoms with E-state index in [9.17, 15) is 0 Å². The van der Waals surface area contributed by atoms with Gasteiger partial charge in [-0.3, -0.25) is 0 Å². The number of anilines is 1. The predicted octanol–water partition coefficient (Wildman–Crippen LogP) is 3.89. The van der Waals surface area contributed by atoms with E-state index in [1.54, 1.807) is 0 Å². The lowest BCUT2D eigenvalue weighted by molar-refractivity contribution is 0.733. The maximum Gasteiger partial charge on any atom is 0.170 e. The number of nitrogens with one attached hydrogen (secondary N) is 2. The highest BCUT2D eigenvalue weighted by molar-refractivity contribution is 7.80. The molecule has 3 heteroatoms. The maximum absolute atomic E-state index is 5.20. The molecule has 1 atom stereocenters. The molecule has 1 aromatic carbocycles. The lowest BCUT2D eigenvalue weighted by atomic mass is 9.99. The standard InChI is InChI=1S/C14H22N2S/c1-5-11(4)12-6-8-13(9-7-12)16-14(17)15-10(2)3/h6-11H,5H2,1-4H3,(H2,15,16,17). The van der Waals surface area contributed by atoms with Gasteiger partial charge >= 0.3 is 0 Å². The van der Waals surface area contributed by atoms with Crippen LogP contribution in [0.2, 0.25) is 0 Å². The van der Waals surface area contributed by atoms with Gasteiger partial charge in [0.05, 0.1) is 0 Å². The average molecular weight is 250 g/mol. The Morgan fingerprint density at radius 2 is 1.76 bits per heavy atom. The molecule has 0 aliphatic rings. The van der Waals surface area contributed by atoms with E-state index in [0.29, 0.717) is 17.1 Å². The van der Waals surface area contributed by atoms with Crippen molar-refractivity contribution in [1.82, 2.24) is 5.32 Å². The lowest BCUT2D eigenvalue weighted by Crippen LogP contribution is -2.33. The van der Waals surface area contributed by atoms with Gasteiger partial charge in [-0.25, -0.2) is 0 Å². The second-order valence-electron chi connectivity index (χ2n) is 4.68. The van der Waals surface area contributed by atoms with E-state index in [-0.39, 0.29) is 0 Å². The Morgan fingerprint density at radius 3 is 2.24 bits per heavy atom. The van der Waals surface area contributed by atoms with Crippen LogP contribution >= 0.6 is 12.2 Å². The topological polar surface area (TPSA) is 24.1 Å². The molecule has 0 spiro atoms. The van der Waals surface area contributed by atoms with E-state index in [2.05, 4.69) is 62.6 Å². The zero-order valence-electron chi connectivity index (χ0n) is 11.1. The van der Waals surface area contributed by atoms with Crippen LogP contribution in [0.4, 0.5) is 5.69 Å². The number of thiocarbonyl (C=S) groups is 1. The van der Waals surface area contributed by atoms with Crippen LogP contribution in [0.5, 0.6) is 0 Å². The van der Waals surface area contributed by atoms with Gasteiger partial charge in [-0.2, -0.15) is 0 Å². The van der Waals surface area contributed by atoms with Gasteiger partial charge in [0, 0.05) is 11.7 Å². The Bertz CT molecular complexity index is 357. The molecule has 0 bridgehead atoms.